The quantitative estimate of drug-likeness (QED) is 0.125. The maximum atomic E-state index is 13.3. The van der Waals surface area contributed by atoms with Crippen molar-refractivity contribution < 1.29 is 19.1 Å². The Labute approximate surface area is 444 Å². The Balaban J connectivity index is 0.000000186. The molecule has 2 N–H and O–H groups in total. The predicted molar refractivity (Wildman–Crippen MR) is 302 cm³/mol. The molecule has 392 valence electrons. The minimum Gasteiger partial charge on any atom is -0.456 e. The van der Waals surface area contributed by atoms with Gasteiger partial charge in [0.1, 0.15) is 34.1 Å². The molecular weight excluding hydrogens is 953 g/mol. The molecule has 14 nitrogen and oxygen atoms in total. The molecular formula is C62H68N8O6. The highest BCUT2D eigenvalue weighted by Crippen LogP contribution is 2.38. The second kappa shape index (κ2) is 20.8. The first kappa shape index (κ1) is 52.6. The van der Waals surface area contributed by atoms with Gasteiger partial charge in [-0.05, 0) is 153 Å². The zero-order valence-electron chi connectivity index (χ0n) is 45.6. The third-order valence-electron chi connectivity index (χ3n) is 13.8. The molecule has 10 rings (SSSR count). The molecule has 0 saturated heterocycles. The van der Waals surface area contributed by atoms with E-state index in [1.54, 1.807) is 33.1 Å². The number of anilines is 4. The summed E-state index contributed by atoms with van der Waals surface area (Å²) in [6, 6.07) is 38.4. The second-order valence-corrected chi connectivity index (χ2v) is 22.1. The summed E-state index contributed by atoms with van der Waals surface area (Å²) in [5.41, 5.74) is 10.6. The molecule has 0 bridgehead atoms. The summed E-state index contributed by atoms with van der Waals surface area (Å²) < 4.78 is 14.5. The fourth-order valence-electron chi connectivity index (χ4n) is 10.2. The summed E-state index contributed by atoms with van der Waals surface area (Å²) in [5, 5.41) is 6.95. The van der Waals surface area contributed by atoms with E-state index in [4.69, 9.17) is 19.4 Å². The fraction of sp³-hybridized carbons (Fsp3) is 0.323. The Morgan fingerprint density at radius 2 is 0.908 bits per heavy atom. The summed E-state index contributed by atoms with van der Waals surface area (Å²) >= 11 is 0. The zero-order chi connectivity index (χ0) is 54.4. The Kier molecular flexibility index (Phi) is 14.4. The van der Waals surface area contributed by atoms with Crippen LogP contribution in [0, 0.1) is 13.8 Å². The number of hydrogen-bond donors (Lipinski definition) is 2. The molecule has 6 heterocycles. The van der Waals surface area contributed by atoms with Gasteiger partial charge in [-0.25, -0.2) is 19.6 Å². The lowest BCUT2D eigenvalue weighted by Gasteiger charge is -2.25. The minimum atomic E-state index is -0.601. The van der Waals surface area contributed by atoms with Gasteiger partial charge in [0, 0.05) is 60.1 Å². The molecule has 0 aliphatic carbocycles. The molecule has 4 aromatic heterocycles. The summed E-state index contributed by atoms with van der Waals surface area (Å²) in [6.07, 6.45) is 3.64. The summed E-state index contributed by atoms with van der Waals surface area (Å²) in [6.45, 7) is 24.7. The normalized spacial score (nSPS) is 15.8. The molecule has 2 aliphatic rings. The zero-order valence-corrected chi connectivity index (χ0v) is 45.6. The lowest BCUT2D eigenvalue weighted by atomic mass is 10.1. The number of aromatic nitrogens is 4. The van der Waals surface area contributed by atoms with Crippen LogP contribution >= 0.6 is 0 Å². The van der Waals surface area contributed by atoms with Crippen molar-refractivity contribution in [3.05, 3.63) is 210 Å². The molecule has 0 amide bonds. The Bertz CT molecular complexity index is 3410. The van der Waals surface area contributed by atoms with Crippen molar-refractivity contribution in [2.24, 2.45) is 0 Å². The van der Waals surface area contributed by atoms with Gasteiger partial charge in [0.15, 0.2) is 0 Å². The maximum absolute atomic E-state index is 13.3. The molecule has 4 aromatic carbocycles. The maximum Gasteiger partial charge on any atom is 0.340 e. The molecule has 0 saturated carbocycles. The number of carbonyl (C=O) groups excluding carboxylic acids is 2. The van der Waals surface area contributed by atoms with E-state index in [1.807, 2.05) is 154 Å². The number of benzene rings is 4. The van der Waals surface area contributed by atoms with E-state index >= 15 is 0 Å². The van der Waals surface area contributed by atoms with Gasteiger partial charge < -0.3 is 29.9 Å². The Hall–Kier alpha value is -8.26. The van der Waals surface area contributed by atoms with Crippen molar-refractivity contribution >= 4 is 46.2 Å². The van der Waals surface area contributed by atoms with Crippen LogP contribution in [0.5, 0.6) is 0 Å². The second-order valence-electron chi connectivity index (χ2n) is 22.1. The van der Waals surface area contributed by atoms with E-state index in [1.165, 1.54) is 22.3 Å². The highest BCUT2D eigenvalue weighted by molar-refractivity contribution is 5.96. The van der Waals surface area contributed by atoms with Crippen LogP contribution in [0.2, 0.25) is 0 Å². The van der Waals surface area contributed by atoms with E-state index in [0.29, 0.717) is 58.5 Å². The number of carbonyl (C=O) groups is 2. The van der Waals surface area contributed by atoms with Crippen LogP contribution in [0.25, 0.3) is 11.3 Å². The van der Waals surface area contributed by atoms with Crippen molar-refractivity contribution in [2.45, 2.75) is 132 Å². The van der Waals surface area contributed by atoms with E-state index in [2.05, 4.69) is 58.5 Å². The van der Waals surface area contributed by atoms with Crippen molar-refractivity contribution in [1.82, 2.24) is 18.8 Å². The molecule has 76 heavy (non-hydrogen) atoms. The number of para-hydroxylation sites is 2. The molecule has 8 aromatic rings. The van der Waals surface area contributed by atoms with Crippen LogP contribution < -0.4 is 31.6 Å². The minimum absolute atomic E-state index is 0.116. The van der Waals surface area contributed by atoms with Crippen molar-refractivity contribution in [3.63, 3.8) is 0 Å². The van der Waals surface area contributed by atoms with Crippen LogP contribution in [0.4, 0.5) is 23.0 Å². The molecule has 2 aliphatic heterocycles. The first-order chi connectivity index (χ1) is 36.0. The van der Waals surface area contributed by atoms with E-state index in [0.717, 1.165) is 22.3 Å². The molecule has 4 atom stereocenters. The average molecular weight is 1020 g/mol. The molecule has 14 heteroatoms. The summed E-state index contributed by atoms with van der Waals surface area (Å²) in [7, 11) is 0. The largest absolute Gasteiger partial charge is 0.456 e. The number of fused-ring (bicyclic) bond motifs is 4. The van der Waals surface area contributed by atoms with Gasteiger partial charge in [0.2, 0.25) is 0 Å². The van der Waals surface area contributed by atoms with Crippen LogP contribution in [0.3, 0.4) is 0 Å². The Morgan fingerprint density at radius 3 is 1.28 bits per heavy atom. The average Bonchev–Trinajstić information content (AvgIpc) is 3.91. The number of pyridine rings is 2. The van der Waals surface area contributed by atoms with Crippen molar-refractivity contribution in [3.8, 4) is 0 Å². The molecule has 0 radical (unpaired) electrons. The van der Waals surface area contributed by atoms with Crippen LogP contribution in [0.15, 0.2) is 143 Å². The summed E-state index contributed by atoms with van der Waals surface area (Å²) in [4.78, 5) is 66.8. The molecule has 0 spiro atoms. The topological polar surface area (TPSA) is 152 Å². The van der Waals surface area contributed by atoms with Gasteiger partial charge in [-0.2, -0.15) is 0 Å². The van der Waals surface area contributed by atoms with E-state index in [9.17, 15) is 19.2 Å². The van der Waals surface area contributed by atoms with Crippen molar-refractivity contribution in [2.75, 3.05) is 20.4 Å². The van der Waals surface area contributed by atoms with Gasteiger partial charge in [-0.15, -0.1) is 0 Å². The van der Waals surface area contributed by atoms with Crippen LogP contribution in [0.1, 0.15) is 159 Å². The molecule has 0 fully saturated rings. The van der Waals surface area contributed by atoms with Gasteiger partial charge in [-0.3, -0.25) is 18.4 Å². The number of rotatable bonds is 10. The van der Waals surface area contributed by atoms with Crippen molar-refractivity contribution in [1.29, 1.82) is 0 Å². The number of ether oxygens (including phenoxy) is 2. The molecule has 2 unspecified atom stereocenters. The third kappa shape index (κ3) is 11.1. The van der Waals surface area contributed by atoms with Gasteiger partial charge in [-0.1, -0.05) is 72.8 Å². The van der Waals surface area contributed by atoms with Gasteiger partial charge in [0.25, 0.3) is 11.1 Å². The fourth-order valence-corrected chi connectivity index (χ4v) is 10.2. The number of nitrogens with one attached hydrogen (secondary N) is 2. The number of esters is 2. The van der Waals surface area contributed by atoms with Crippen LogP contribution in [-0.2, 0) is 22.6 Å². The van der Waals surface area contributed by atoms with Gasteiger partial charge in [0.05, 0.1) is 35.3 Å². The third-order valence-corrected chi connectivity index (χ3v) is 13.8. The SMILES string of the molecule is Cc1cc(C(C)Nc2ccccc2C(=O)OC(C)(C)C)c2nc(N3Cc4ccccc4C3C)cc(=O)n2c1.Cc1cc([C@H](C)Nc2ccccc2C(=O)OC(C)(C)C)c2nc(N3Cc4ccccc4[C@H]3C)cc(=O)n2c1. The van der Waals surface area contributed by atoms with Crippen LogP contribution in [-0.4, -0.2) is 41.9 Å². The van der Waals surface area contributed by atoms with Gasteiger partial charge >= 0.3 is 11.9 Å². The first-order valence-corrected chi connectivity index (χ1v) is 26.0. The Morgan fingerprint density at radius 1 is 0.553 bits per heavy atom. The highest BCUT2D eigenvalue weighted by atomic mass is 16.6. The first-order valence-electron chi connectivity index (χ1n) is 26.0. The predicted octanol–water partition coefficient (Wildman–Crippen LogP) is 12.4. The monoisotopic (exact) mass is 1020 g/mol. The lowest BCUT2D eigenvalue weighted by Crippen LogP contribution is -2.26. The standard InChI is InChI=1S/2C31H34N4O3/c2*1-19-15-25(20(2)32-26-14-10-9-13-24(26)30(37)38-31(4,5)6)29-33-27(16-28(36)35(29)17-19)34-18-22-11-7-8-12-23(22)21(34)3/h2*7-17,20-21,32H,18H2,1-6H3/t20-,21+;/m0./s1. The number of aryl methyl sites for hydroxylation is 2. The van der Waals surface area contributed by atoms with E-state index in [-0.39, 0.29) is 47.2 Å². The number of nitrogens with zero attached hydrogens (tertiary/aromatic N) is 6. The highest BCUT2D eigenvalue weighted by Gasteiger charge is 2.31. The number of hydrogen-bond acceptors (Lipinski definition) is 12. The van der Waals surface area contributed by atoms with E-state index < -0.39 is 11.2 Å². The smallest absolute Gasteiger partial charge is 0.340 e. The lowest BCUT2D eigenvalue weighted by molar-refractivity contribution is 0.00580. The summed E-state index contributed by atoms with van der Waals surface area (Å²) in [5.74, 6) is 0.539.